The van der Waals surface area contributed by atoms with Crippen LogP contribution in [0.3, 0.4) is 0 Å². The Morgan fingerprint density at radius 2 is 2.36 bits per heavy atom. The zero-order chi connectivity index (χ0) is 10.4. The minimum atomic E-state index is 0.435. The number of hydrogen-bond acceptors (Lipinski definition) is 4. The fourth-order valence-electron chi connectivity index (χ4n) is 1.25. The van der Waals surface area contributed by atoms with Gasteiger partial charge in [0.1, 0.15) is 0 Å². The lowest BCUT2D eigenvalue weighted by molar-refractivity contribution is 0.389. The Morgan fingerprint density at radius 1 is 1.57 bits per heavy atom. The van der Waals surface area contributed by atoms with Gasteiger partial charge in [0.15, 0.2) is 0 Å². The number of rotatable bonds is 6. The van der Waals surface area contributed by atoms with Gasteiger partial charge in [-0.25, -0.2) is 0 Å². The predicted octanol–water partition coefficient (Wildman–Crippen LogP) is 1.75. The molecule has 0 fully saturated rings. The average Bonchev–Trinajstić information content (AvgIpc) is 2.64. The molecular weight excluding hydrogens is 194 g/mol. The summed E-state index contributed by atoms with van der Waals surface area (Å²) in [7, 11) is 4.21. The Hall–Kier alpha value is -0.450. The molecule has 3 nitrogen and oxygen atoms in total. The fraction of sp³-hybridized carbons (Fsp3) is 0.700. The van der Waals surface area contributed by atoms with E-state index in [1.165, 1.54) is 11.3 Å². The van der Waals surface area contributed by atoms with Crippen LogP contribution in [-0.2, 0) is 0 Å². The minimum absolute atomic E-state index is 0.435. The minimum Gasteiger partial charge on any atom is -0.309 e. The maximum Gasteiger partial charge on any atom is 0.0794 e. The monoisotopic (exact) mass is 213 g/mol. The summed E-state index contributed by atoms with van der Waals surface area (Å²) in [5.41, 5.74) is 1.88. The molecule has 14 heavy (non-hydrogen) atoms. The van der Waals surface area contributed by atoms with Crippen LogP contribution in [0.5, 0.6) is 0 Å². The van der Waals surface area contributed by atoms with Gasteiger partial charge in [0.05, 0.1) is 5.51 Å². The maximum absolute atomic E-state index is 4.07. The van der Waals surface area contributed by atoms with Crippen LogP contribution >= 0.6 is 11.3 Å². The van der Waals surface area contributed by atoms with Crippen LogP contribution in [-0.4, -0.2) is 37.1 Å². The molecule has 1 rings (SSSR count). The van der Waals surface area contributed by atoms with Crippen LogP contribution in [0.15, 0.2) is 11.7 Å². The maximum atomic E-state index is 4.07. The van der Waals surface area contributed by atoms with Crippen LogP contribution in [0.2, 0.25) is 0 Å². The Balaban J connectivity index is 2.13. The lowest BCUT2D eigenvalue weighted by Crippen LogP contribution is -2.23. The van der Waals surface area contributed by atoms with Crippen molar-refractivity contribution < 1.29 is 0 Å². The van der Waals surface area contributed by atoms with Gasteiger partial charge in [0.2, 0.25) is 0 Å². The van der Waals surface area contributed by atoms with Crippen molar-refractivity contribution >= 4 is 11.3 Å². The van der Waals surface area contributed by atoms with Crippen molar-refractivity contribution in [2.24, 2.45) is 0 Å². The first-order valence-electron chi connectivity index (χ1n) is 4.96. The third-order valence-corrected chi connectivity index (χ3v) is 3.07. The van der Waals surface area contributed by atoms with E-state index < -0.39 is 0 Å². The summed E-state index contributed by atoms with van der Waals surface area (Å²) in [6.07, 6.45) is 3.13. The quantitative estimate of drug-likeness (QED) is 0.730. The molecule has 0 saturated heterocycles. The summed E-state index contributed by atoms with van der Waals surface area (Å²) >= 11 is 1.71. The van der Waals surface area contributed by atoms with Crippen LogP contribution < -0.4 is 5.32 Å². The molecule has 4 heteroatoms. The van der Waals surface area contributed by atoms with E-state index in [-0.39, 0.29) is 0 Å². The highest BCUT2D eigenvalue weighted by molar-refractivity contribution is 7.09. The van der Waals surface area contributed by atoms with E-state index in [4.69, 9.17) is 0 Å². The summed E-state index contributed by atoms with van der Waals surface area (Å²) in [5, 5.41) is 3.48. The molecule has 0 aromatic carbocycles. The predicted molar refractivity (Wildman–Crippen MR) is 61.7 cm³/mol. The highest BCUT2D eigenvalue weighted by Gasteiger charge is 2.04. The summed E-state index contributed by atoms with van der Waals surface area (Å²) in [6.45, 7) is 4.39. The molecule has 1 heterocycles. The second-order valence-corrected chi connectivity index (χ2v) is 4.65. The Bertz CT molecular complexity index is 234. The zero-order valence-electron chi connectivity index (χ0n) is 9.16. The number of aromatic nitrogens is 1. The number of nitrogens with zero attached hydrogens (tertiary/aromatic N) is 2. The van der Waals surface area contributed by atoms with Crippen molar-refractivity contribution in [3.05, 3.63) is 16.6 Å². The molecule has 1 unspecified atom stereocenters. The highest BCUT2D eigenvalue weighted by Crippen LogP contribution is 2.15. The molecule has 1 N–H and O–H groups in total. The van der Waals surface area contributed by atoms with E-state index in [1.54, 1.807) is 11.3 Å². The van der Waals surface area contributed by atoms with Crippen molar-refractivity contribution in [3.8, 4) is 0 Å². The molecule has 0 amide bonds. The second-order valence-electron chi connectivity index (χ2n) is 3.74. The molecule has 0 aliphatic heterocycles. The standard InChI is InChI=1S/C10H19N3S/c1-9(10-7-11-8-14-10)12-5-4-6-13(2)3/h7-9,12H,4-6H2,1-3H3. The van der Waals surface area contributed by atoms with Gasteiger partial charge < -0.3 is 10.2 Å². The summed E-state index contributed by atoms with van der Waals surface area (Å²) in [5.74, 6) is 0. The molecule has 1 aromatic rings. The van der Waals surface area contributed by atoms with E-state index in [2.05, 4.69) is 36.2 Å². The van der Waals surface area contributed by atoms with E-state index in [0.717, 1.165) is 13.1 Å². The van der Waals surface area contributed by atoms with Gasteiger partial charge in [0.25, 0.3) is 0 Å². The largest absolute Gasteiger partial charge is 0.309 e. The average molecular weight is 213 g/mol. The third kappa shape index (κ3) is 4.17. The van der Waals surface area contributed by atoms with Gasteiger partial charge in [-0.3, -0.25) is 4.98 Å². The first-order valence-corrected chi connectivity index (χ1v) is 5.84. The van der Waals surface area contributed by atoms with Crippen LogP contribution in [0.4, 0.5) is 0 Å². The van der Waals surface area contributed by atoms with Gasteiger partial charge in [-0.05, 0) is 40.5 Å². The first kappa shape index (κ1) is 11.6. The molecule has 1 atom stereocenters. The van der Waals surface area contributed by atoms with Gasteiger partial charge >= 0.3 is 0 Å². The van der Waals surface area contributed by atoms with Crippen molar-refractivity contribution in [1.82, 2.24) is 15.2 Å². The van der Waals surface area contributed by atoms with Crippen LogP contribution in [0, 0.1) is 0 Å². The lowest BCUT2D eigenvalue weighted by atomic mass is 10.3. The van der Waals surface area contributed by atoms with Crippen molar-refractivity contribution in [2.75, 3.05) is 27.2 Å². The van der Waals surface area contributed by atoms with Crippen molar-refractivity contribution in [3.63, 3.8) is 0 Å². The molecule has 0 aliphatic carbocycles. The van der Waals surface area contributed by atoms with Crippen molar-refractivity contribution in [1.29, 1.82) is 0 Å². The van der Waals surface area contributed by atoms with E-state index >= 15 is 0 Å². The van der Waals surface area contributed by atoms with Gasteiger partial charge in [-0.1, -0.05) is 0 Å². The number of nitrogens with one attached hydrogen (secondary N) is 1. The Morgan fingerprint density at radius 3 is 2.93 bits per heavy atom. The van der Waals surface area contributed by atoms with E-state index in [0.29, 0.717) is 6.04 Å². The highest BCUT2D eigenvalue weighted by atomic mass is 32.1. The molecule has 1 aromatic heterocycles. The van der Waals surface area contributed by atoms with E-state index in [9.17, 15) is 0 Å². The number of hydrogen-bond donors (Lipinski definition) is 1. The van der Waals surface area contributed by atoms with Gasteiger partial charge in [-0.15, -0.1) is 11.3 Å². The lowest BCUT2D eigenvalue weighted by Gasteiger charge is -2.13. The summed E-state index contributed by atoms with van der Waals surface area (Å²) in [4.78, 5) is 7.59. The molecule has 80 valence electrons. The van der Waals surface area contributed by atoms with E-state index in [1.807, 2.05) is 11.7 Å². The number of thiazole rings is 1. The molecule has 0 aliphatic rings. The van der Waals surface area contributed by atoms with Crippen molar-refractivity contribution in [2.45, 2.75) is 19.4 Å². The molecule has 0 saturated carbocycles. The van der Waals surface area contributed by atoms with Gasteiger partial charge in [0, 0.05) is 17.1 Å². The summed E-state index contributed by atoms with van der Waals surface area (Å²) < 4.78 is 0. The first-order chi connectivity index (χ1) is 6.70. The molecule has 0 spiro atoms. The molecule has 0 bridgehead atoms. The van der Waals surface area contributed by atoms with Gasteiger partial charge in [-0.2, -0.15) is 0 Å². The Labute approximate surface area is 90.2 Å². The van der Waals surface area contributed by atoms with Crippen LogP contribution in [0.25, 0.3) is 0 Å². The SMILES string of the molecule is CC(NCCCN(C)C)c1cncs1. The fourth-order valence-corrected chi connectivity index (χ4v) is 1.91. The molecular formula is C10H19N3S. The Kier molecular flexibility index (Phi) is 5.07. The van der Waals surface area contributed by atoms with Crippen LogP contribution in [0.1, 0.15) is 24.3 Å². The normalized spacial score (nSPS) is 13.4. The zero-order valence-corrected chi connectivity index (χ0v) is 9.97. The molecule has 0 radical (unpaired) electrons. The second kappa shape index (κ2) is 6.11. The topological polar surface area (TPSA) is 28.2 Å². The third-order valence-electron chi connectivity index (χ3n) is 2.11. The smallest absolute Gasteiger partial charge is 0.0794 e. The summed E-state index contributed by atoms with van der Waals surface area (Å²) in [6, 6.07) is 0.435.